The van der Waals surface area contributed by atoms with Gasteiger partial charge in [-0.15, -0.1) is 0 Å². The van der Waals surface area contributed by atoms with Crippen LogP contribution in [0.2, 0.25) is 0 Å². The van der Waals surface area contributed by atoms with E-state index in [-0.39, 0.29) is 1910 Å². The quantitative estimate of drug-likeness (QED) is 0.315. The van der Waals surface area contributed by atoms with Gasteiger partial charge in [-0.3, -0.25) is 0 Å². The van der Waals surface area contributed by atoms with Gasteiger partial charge in [-0.1, -0.05) is 0 Å². The van der Waals surface area contributed by atoms with Crippen molar-refractivity contribution in [3.05, 3.63) is 14.9 Å². The van der Waals surface area contributed by atoms with Crippen LogP contribution in [0.5, 0.6) is 0 Å². The van der Waals surface area contributed by atoms with Crippen LogP contribution in [-0.2, 0) is 1900 Å². The molecule has 0 aliphatic carbocycles. The molecular weight excluding hydrogens is 5180 g/mol. The van der Waals surface area contributed by atoms with Gasteiger partial charge in [0.1, 0.15) is 0 Å². The molecule has 0 heterocycles. The van der Waals surface area contributed by atoms with Gasteiger partial charge in [0, 0.05) is 1900 Å². The van der Waals surface area contributed by atoms with E-state index in [9.17, 15) is 0 Å². The summed E-state index contributed by atoms with van der Waals surface area (Å²) in [6.45, 7) is 0. The van der Waals surface area contributed by atoms with Gasteiger partial charge in [-0.25, -0.2) is 0 Å². The van der Waals surface area contributed by atoms with Gasteiger partial charge >= 0.3 is 0 Å². The molecule has 0 amide bonds. The van der Waals surface area contributed by atoms with E-state index in [4.69, 9.17) is 0 Å². The maximum Gasteiger partial charge on any atom is 0 e. The second-order valence-electron chi connectivity index (χ2n) is 0. The molecule has 0 N–H and O–H groups in total. The van der Waals surface area contributed by atoms with Crippen molar-refractivity contribution < 1.29 is 1900 Å². The van der Waals surface area contributed by atoms with Crippen molar-refractivity contribution in [3.8, 4) is 0 Å². The van der Waals surface area contributed by atoms with Crippen LogP contribution in [0.1, 0.15) is 0 Å². The van der Waals surface area contributed by atoms with E-state index in [2.05, 4.69) is 0 Å². The van der Waals surface area contributed by atoms with Crippen molar-refractivity contribution >= 4 is 0 Å². The summed E-state index contributed by atoms with van der Waals surface area (Å²) in [6.07, 6.45) is 0. The zero-order valence-corrected chi connectivity index (χ0v) is 200. The summed E-state index contributed by atoms with van der Waals surface area (Å²) in [7, 11) is 0. The molecule has 58 radical (unpaired) electrons. The number of hydrogen-bond acceptors (Lipinski definition) is 0. The van der Waals surface area contributed by atoms with Gasteiger partial charge in [0.05, 0.1) is 0 Å². The Balaban J connectivity index is 0. The van der Waals surface area contributed by atoms with E-state index >= 15 is 0 Å². The molecule has 0 nitrogen and oxygen atoms in total. The van der Waals surface area contributed by atoms with Crippen LogP contribution in [0.4, 0.5) is 0 Å². The first-order valence-electron chi connectivity index (χ1n) is 0. The van der Waals surface area contributed by atoms with Crippen LogP contribution >= 0.6 is 0 Å². The second-order valence-corrected chi connectivity index (χ2v) is 0. The van der Waals surface area contributed by atoms with Crippen molar-refractivity contribution in [2.75, 3.05) is 0 Å². The van der Waals surface area contributed by atoms with Gasteiger partial charge in [0.15, 0.2) is 0 Å². The van der Waals surface area contributed by atoms with Crippen LogP contribution < -0.4 is 0 Å². The molecule has 0 spiro atoms. The minimum Gasteiger partial charge on any atom is -0.358 e. The summed E-state index contributed by atoms with van der Waals surface area (Å²) >= 11 is 0. The van der Waals surface area contributed by atoms with Crippen molar-refractivity contribution in [1.29, 1.82) is 0 Å². The molecular formula is C2H6Y58-2. The number of hydrogen-bond donors (Lipinski definition) is 0. The standard InChI is InChI=1S/2CH3.58Y/h2*1H3;;;;;;;;;;;;;;;;;;;;;;;;;;;;;;;;;;;;;;;;;;;;;;;;;;;;;;;;;;/q2*-1;;;;;;;;;;;;;;;;;;;;;;;;;;;;;;;;;;;;;;;;;;;;;;;;;;;;;;;;;;. The molecule has 0 aliphatic rings. The summed E-state index contributed by atoms with van der Waals surface area (Å²) in [5.74, 6) is 0. The van der Waals surface area contributed by atoms with Gasteiger partial charge in [-0.2, -0.15) is 0 Å². The van der Waals surface area contributed by atoms with Crippen molar-refractivity contribution in [1.82, 2.24) is 0 Å². The van der Waals surface area contributed by atoms with Crippen LogP contribution in [0.25, 0.3) is 0 Å². The average molecular weight is 5190 g/mol. The fraction of sp³-hybridized carbons (Fsp3) is 0. The maximum atomic E-state index is 0. The Hall–Kier alpha value is 64.0. The van der Waals surface area contributed by atoms with Gasteiger partial charge in [0.2, 0.25) is 0 Å². The summed E-state index contributed by atoms with van der Waals surface area (Å²) < 4.78 is 0. The molecule has 0 atom stereocenters. The largest absolute Gasteiger partial charge is 0.358 e. The third-order valence-corrected chi connectivity index (χ3v) is 0. The molecule has 0 saturated heterocycles. The molecule has 0 aromatic heterocycles. The average Bonchev–Trinajstić information content (AvgIpc) is 0. The Morgan fingerprint density at radius 2 is 0.0333 bits per heavy atom. The Kier molecular flexibility index (Phi) is 3410. The SMILES string of the molecule is [CH3-].[CH3-].[Y].[Y].[Y].[Y].[Y].[Y].[Y].[Y].[Y].[Y].[Y].[Y].[Y].[Y].[Y].[Y].[Y].[Y].[Y].[Y].[Y].[Y].[Y].[Y].[Y].[Y].[Y].[Y].[Y].[Y].[Y].[Y].[Y].[Y].[Y].[Y].[Y].[Y].[Y].[Y].[Y].[Y].[Y].[Y].[Y].[Y].[Y].[Y].[Y].[Y].[Y].[Y].[Y].[Y].[Y].[Y].[Y].[Y]. The van der Waals surface area contributed by atoms with E-state index in [0.717, 1.165) is 0 Å². The Morgan fingerprint density at radius 1 is 0.0333 bits per heavy atom. The predicted octanol–water partition coefficient (Wildman–Crippen LogP) is 0.756. The Labute approximate surface area is 1840 Å². The topological polar surface area (TPSA) is 0 Å². The molecule has 0 aromatic carbocycles. The fourth-order valence-electron chi connectivity index (χ4n) is 0. The number of rotatable bonds is 0. The summed E-state index contributed by atoms with van der Waals surface area (Å²) in [4.78, 5) is 0. The van der Waals surface area contributed by atoms with E-state index in [1.54, 1.807) is 0 Å². The van der Waals surface area contributed by atoms with Crippen LogP contribution in [0.15, 0.2) is 0 Å². The monoisotopic (exact) mass is 5190 g/mol. The fourth-order valence-corrected chi connectivity index (χ4v) is 0. The van der Waals surface area contributed by atoms with E-state index < -0.39 is 0 Å². The summed E-state index contributed by atoms with van der Waals surface area (Å²) in [6, 6.07) is 0. The molecule has 190 valence electrons. The minimum absolute atomic E-state index is 0. The van der Waals surface area contributed by atoms with Crippen LogP contribution in [0.3, 0.4) is 0 Å². The molecule has 60 heavy (non-hydrogen) atoms. The van der Waals surface area contributed by atoms with Gasteiger partial charge < -0.3 is 14.9 Å². The van der Waals surface area contributed by atoms with Crippen molar-refractivity contribution in [3.63, 3.8) is 0 Å². The van der Waals surface area contributed by atoms with Crippen molar-refractivity contribution in [2.24, 2.45) is 0 Å². The molecule has 0 fully saturated rings. The molecule has 0 unspecified atom stereocenters. The minimum atomic E-state index is 0. The molecule has 58 heteroatoms. The molecule has 0 aromatic rings. The van der Waals surface area contributed by atoms with E-state index in [1.165, 1.54) is 0 Å². The normalized spacial score (nSPS) is 0. The van der Waals surface area contributed by atoms with E-state index in [0.29, 0.717) is 0 Å². The zero-order valence-electron chi connectivity index (χ0n) is 35.5. The van der Waals surface area contributed by atoms with Crippen LogP contribution in [-0.4, -0.2) is 0 Å². The van der Waals surface area contributed by atoms with Crippen LogP contribution in [0, 0.1) is 14.9 Å². The molecule has 0 rings (SSSR count). The summed E-state index contributed by atoms with van der Waals surface area (Å²) in [5, 5.41) is 0. The first kappa shape index (κ1) is 458. The third-order valence-electron chi connectivity index (χ3n) is 0. The first-order valence-corrected chi connectivity index (χ1v) is 0. The molecule has 0 bridgehead atoms. The Bertz CT molecular complexity index is 12.7. The van der Waals surface area contributed by atoms with Crippen molar-refractivity contribution in [2.45, 2.75) is 0 Å². The predicted molar refractivity (Wildman–Crippen MR) is 12.8 cm³/mol. The van der Waals surface area contributed by atoms with E-state index in [1.807, 2.05) is 0 Å². The Morgan fingerprint density at radius 3 is 0.0333 bits per heavy atom. The third kappa shape index (κ3) is 436. The second kappa shape index (κ2) is 447. The molecule has 0 aliphatic heterocycles. The summed E-state index contributed by atoms with van der Waals surface area (Å²) in [5.41, 5.74) is 0. The maximum absolute atomic E-state index is 0. The smallest absolute Gasteiger partial charge is 0 e. The molecule has 0 saturated carbocycles. The van der Waals surface area contributed by atoms with Gasteiger partial charge in [-0.05, 0) is 0 Å². The zero-order chi connectivity index (χ0) is 0. The van der Waals surface area contributed by atoms with Gasteiger partial charge in [0.25, 0.3) is 0 Å². The first-order chi connectivity index (χ1) is 0.